The molecule has 1 aromatic rings. The Labute approximate surface area is 72.8 Å². The number of aryl methyl sites for hydroxylation is 1. The number of nitrogens with zero attached hydrogens (tertiary/aromatic N) is 2. The van der Waals surface area contributed by atoms with Crippen LogP contribution < -0.4 is 4.74 Å². The fraction of sp³-hybridized carbons (Fsp3) is 0.556. The molecule has 0 N–H and O–H groups in total. The Bertz CT molecular complexity index is 271. The van der Waals surface area contributed by atoms with Gasteiger partial charge < -0.3 is 4.74 Å². The van der Waals surface area contributed by atoms with E-state index >= 15 is 0 Å². The second-order valence-electron chi connectivity index (χ2n) is 3.04. The summed E-state index contributed by atoms with van der Waals surface area (Å²) in [5.41, 5.74) is 1.86. The molecule has 0 atom stereocenters. The van der Waals surface area contributed by atoms with Crippen LogP contribution in [0.2, 0.25) is 0 Å². The van der Waals surface area contributed by atoms with E-state index < -0.39 is 0 Å². The van der Waals surface area contributed by atoms with Crippen LogP contribution in [-0.4, -0.2) is 17.1 Å². The van der Waals surface area contributed by atoms with Gasteiger partial charge in [0.05, 0.1) is 24.7 Å². The zero-order chi connectivity index (χ0) is 9.14. The molecule has 0 amide bonds. The van der Waals surface area contributed by atoms with Crippen molar-refractivity contribution in [2.75, 3.05) is 7.11 Å². The Balaban J connectivity index is 3.02. The normalized spacial score (nSPS) is 10.4. The maximum atomic E-state index is 5.01. The molecule has 0 fully saturated rings. The Hall–Kier alpha value is -1.12. The monoisotopic (exact) mass is 166 g/mol. The third-order valence-electron chi connectivity index (χ3n) is 1.71. The predicted octanol–water partition coefficient (Wildman–Crippen LogP) is 1.92. The van der Waals surface area contributed by atoms with Crippen molar-refractivity contribution >= 4 is 0 Å². The fourth-order valence-corrected chi connectivity index (χ4v) is 0.967. The molecule has 0 saturated heterocycles. The Morgan fingerprint density at radius 1 is 1.42 bits per heavy atom. The summed E-state index contributed by atoms with van der Waals surface area (Å²) in [5, 5.41) is 0. The molecule has 0 saturated carbocycles. The van der Waals surface area contributed by atoms with Gasteiger partial charge in [0.25, 0.3) is 0 Å². The minimum absolute atomic E-state index is 0.419. The minimum atomic E-state index is 0.419. The molecule has 0 bridgehead atoms. The minimum Gasteiger partial charge on any atom is -0.480 e. The highest BCUT2D eigenvalue weighted by atomic mass is 16.5. The summed E-state index contributed by atoms with van der Waals surface area (Å²) in [6.07, 6.45) is 1.76. The Morgan fingerprint density at radius 3 is 2.50 bits per heavy atom. The van der Waals surface area contributed by atoms with Crippen molar-refractivity contribution in [3.63, 3.8) is 0 Å². The van der Waals surface area contributed by atoms with Crippen molar-refractivity contribution in [2.45, 2.75) is 26.7 Å². The van der Waals surface area contributed by atoms with E-state index in [-0.39, 0.29) is 0 Å². The van der Waals surface area contributed by atoms with Gasteiger partial charge in [-0.15, -0.1) is 0 Å². The lowest BCUT2D eigenvalue weighted by Crippen LogP contribution is -1.99. The van der Waals surface area contributed by atoms with Gasteiger partial charge in [0, 0.05) is 0 Å². The van der Waals surface area contributed by atoms with Crippen LogP contribution in [0.5, 0.6) is 5.88 Å². The van der Waals surface area contributed by atoms with Crippen LogP contribution in [0, 0.1) is 6.92 Å². The van der Waals surface area contributed by atoms with E-state index in [1.54, 1.807) is 13.3 Å². The first-order chi connectivity index (χ1) is 5.65. The summed E-state index contributed by atoms with van der Waals surface area (Å²) >= 11 is 0. The molecular weight excluding hydrogens is 152 g/mol. The first-order valence-corrected chi connectivity index (χ1v) is 4.02. The fourth-order valence-electron chi connectivity index (χ4n) is 0.967. The highest BCUT2D eigenvalue weighted by Crippen LogP contribution is 2.15. The maximum absolute atomic E-state index is 5.01. The quantitative estimate of drug-likeness (QED) is 0.673. The molecule has 0 radical (unpaired) electrons. The Kier molecular flexibility index (Phi) is 2.63. The lowest BCUT2D eigenvalue weighted by atomic mass is 10.1. The van der Waals surface area contributed by atoms with Crippen molar-refractivity contribution in [1.82, 2.24) is 9.97 Å². The number of hydrogen-bond acceptors (Lipinski definition) is 3. The third-order valence-corrected chi connectivity index (χ3v) is 1.71. The summed E-state index contributed by atoms with van der Waals surface area (Å²) in [5.74, 6) is 1.03. The zero-order valence-electron chi connectivity index (χ0n) is 7.96. The van der Waals surface area contributed by atoms with Gasteiger partial charge in [-0.3, -0.25) is 4.98 Å². The number of rotatable bonds is 2. The summed E-state index contributed by atoms with van der Waals surface area (Å²) in [7, 11) is 1.60. The highest BCUT2D eigenvalue weighted by molar-refractivity contribution is 5.19. The first kappa shape index (κ1) is 8.97. The van der Waals surface area contributed by atoms with Crippen molar-refractivity contribution < 1.29 is 4.74 Å². The van der Waals surface area contributed by atoms with Gasteiger partial charge in [-0.25, -0.2) is 4.98 Å². The molecular formula is C9H14N2O. The van der Waals surface area contributed by atoms with E-state index in [9.17, 15) is 0 Å². The molecule has 3 nitrogen and oxygen atoms in total. The molecule has 0 aliphatic rings. The second-order valence-corrected chi connectivity index (χ2v) is 3.04. The highest BCUT2D eigenvalue weighted by Gasteiger charge is 2.05. The van der Waals surface area contributed by atoms with E-state index in [1.807, 2.05) is 6.92 Å². The molecule has 0 unspecified atom stereocenters. The van der Waals surface area contributed by atoms with Crippen LogP contribution in [0.1, 0.15) is 31.2 Å². The number of aromatic nitrogens is 2. The van der Waals surface area contributed by atoms with Crippen LogP contribution in [-0.2, 0) is 0 Å². The summed E-state index contributed by atoms with van der Waals surface area (Å²) in [6.45, 7) is 6.09. The molecule has 3 heteroatoms. The number of hydrogen-bond donors (Lipinski definition) is 0. The van der Waals surface area contributed by atoms with Crippen LogP contribution >= 0.6 is 0 Å². The van der Waals surface area contributed by atoms with Crippen molar-refractivity contribution in [1.29, 1.82) is 0 Å². The van der Waals surface area contributed by atoms with E-state index in [0.29, 0.717) is 11.8 Å². The number of methoxy groups -OCH3 is 1. The lowest BCUT2D eigenvalue weighted by molar-refractivity contribution is 0.390. The van der Waals surface area contributed by atoms with E-state index in [1.165, 1.54) is 0 Å². The van der Waals surface area contributed by atoms with Crippen LogP contribution in [0.15, 0.2) is 6.20 Å². The van der Waals surface area contributed by atoms with Crippen LogP contribution in [0.25, 0.3) is 0 Å². The van der Waals surface area contributed by atoms with Crippen LogP contribution in [0.3, 0.4) is 0 Å². The van der Waals surface area contributed by atoms with E-state index in [2.05, 4.69) is 23.8 Å². The van der Waals surface area contributed by atoms with E-state index in [0.717, 1.165) is 11.4 Å². The van der Waals surface area contributed by atoms with Gasteiger partial charge in [-0.05, 0) is 12.8 Å². The summed E-state index contributed by atoms with van der Waals surface area (Å²) in [6, 6.07) is 0. The van der Waals surface area contributed by atoms with Gasteiger partial charge in [0.15, 0.2) is 0 Å². The average molecular weight is 166 g/mol. The molecule has 0 aromatic carbocycles. The van der Waals surface area contributed by atoms with E-state index in [4.69, 9.17) is 4.74 Å². The lowest BCUT2D eigenvalue weighted by Gasteiger charge is -2.06. The molecule has 1 rings (SSSR count). The van der Waals surface area contributed by atoms with Crippen molar-refractivity contribution in [3.05, 3.63) is 17.6 Å². The predicted molar refractivity (Wildman–Crippen MR) is 47.4 cm³/mol. The van der Waals surface area contributed by atoms with Gasteiger partial charge in [-0.1, -0.05) is 13.8 Å². The van der Waals surface area contributed by atoms with Gasteiger partial charge in [-0.2, -0.15) is 0 Å². The average Bonchev–Trinajstić information content (AvgIpc) is 2.04. The van der Waals surface area contributed by atoms with Gasteiger partial charge in [0.1, 0.15) is 0 Å². The molecule has 0 aliphatic carbocycles. The zero-order valence-corrected chi connectivity index (χ0v) is 7.96. The van der Waals surface area contributed by atoms with Gasteiger partial charge >= 0.3 is 0 Å². The topological polar surface area (TPSA) is 35.0 Å². The standard InChI is InChI=1S/C9H14N2O/c1-6(2)8-5-10-9(12-4)7(3)11-8/h5-6H,1-4H3. The summed E-state index contributed by atoms with van der Waals surface area (Å²) in [4.78, 5) is 8.49. The first-order valence-electron chi connectivity index (χ1n) is 4.02. The third kappa shape index (κ3) is 1.72. The second kappa shape index (κ2) is 3.52. The van der Waals surface area contributed by atoms with Crippen molar-refractivity contribution in [2.24, 2.45) is 0 Å². The van der Waals surface area contributed by atoms with Gasteiger partial charge in [0.2, 0.25) is 5.88 Å². The van der Waals surface area contributed by atoms with Crippen molar-refractivity contribution in [3.8, 4) is 5.88 Å². The summed E-state index contributed by atoms with van der Waals surface area (Å²) < 4.78 is 5.01. The molecule has 66 valence electrons. The molecule has 1 aromatic heterocycles. The smallest absolute Gasteiger partial charge is 0.235 e. The number of ether oxygens (including phenoxy) is 1. The largest absolute Gasteiger partial charge is 0.480 e. The molecule has 0 aliphatic heterocycles. The SMILES string of the molecule is COc1ncc(C(C)C)nc1C. The Morgan fingerprint density at radius 2 is 2.08 bits per heavy atom. The molecule has 0 spiro atoms. The van der Waals surface area contributed by atoms with Crippen LogP contribution in [0.4, 0.5) is 0 Å². The molecule has 1 heterocycles. The maximum Gasteiger partial charge on any atom is 0.235 e. The molecule has 12 heavy (non-hydrogen) atoms.